The number of aromatic nitrogens is 4. The van der Waals surface area contributed by atoms with E-state index in [1.165, 1.54) is 5.69 Å². The Hall–Kier alpha value is -3.45. The standard InChI is InChI=1S/C25H29N7/c1-17(2)19-15-27-23(18-7-5-4-6-8-18)30-24(19)29-20-9-10-26-25-22(20)21(16-28-25)32-13-11-31(3)12-14-32/h4-10,15-17H,11-14H2,1-3H3,(H2,26,27,28,29,30). The Morgan fingerprint density at radius 1 is 1.00 bits per heavy atom. The van der Waals surface area contributed by atoms with E-state index < -0.39 is 0 Å². The van der Waals surface area contributed by atoms with Crippen LogP contribution in [0.3, 0.4) is 0 Å². The molecule has 0 amide bonds. The second-order valence-corrected chi connectivity index (χ2v) is 8.69. The Morgan fingerprint density at radius 3 is 2.53 bits per heavy atom. The number of rotatable bonds is 5. The first-order valence-corrected chi connectivity index (χ1v) is 11.2. The van der Waals surface area contributed by atoms with Crippen LogP contribution < -0.4 is 10.2 Å². The number of aromatic amines is 1. The molecule has 4 aromatic rings. The molecule has 0 radical (unpaired) electrons. The van der Waals surface area contributed by atoms with Crippen LogP contribution >= 0.6 is 0 Å². The fourth-order valence-corrected chi connectivity index (χ4v) is 4.21. The lowest BCUT2D eigenvalue weighted by molar-refractivity contribution is 0.313. The summed E-state index contributed by atoms with van der Waals surface area (Å²) < 4.78 is 0. The summed E-state index contributed by atoms with van der Waals surface area (Å²) in [6.45, 7) is 8.45. The van der Waals surface area contributed by atoms with Crippen molar-refractivity contribution in [3.8, 4) is 11.4 Å². The quantitative estimate of drug-likeness (QED) is 0.483. The highest BCUT2D eigenvalue weighted by Gasteiger charge is 2.21. The number of hydrogen-bond acceptors (Lipinski definition) is 6. The molecular weight excluding hydrogens is 398 g/mol. The number of H-pyrrole nitrogens is 1. The molecule has 1 aliphatic rings. The zero-order valence-corrected chi connectivity index (χ0v) is 18.8. The van der Waals surface area contributed by atoms with Gasteiger partial charge in [-0.15, -0.1) is 0 Å². The van der Waals surface area contributed by atoms with Gasteiger partial charge in [0.15, 0.2) is 5.82 Å². The average molecular weight is 428 g/mol. The van der Waals surface area contributed by atoms with Crippen molar-refractivity contribution in [1.29, 1.82) is 0 Å². The largest absolute Gasteiger partial charge is 0.367 e. The molecule has 4 heterocycles. The third-order valence-corrected chi connectivity index (χ3v) is 6.12. The van der Waals surface area contributed by atoms with Crippen LogP contribution in [0.1, 0.15) is 25.3 Å². The molecular formula is C25H29N7. The first-order chi connectivity index (χ1) is 15.6. The molecule has 2 N–H and O–H groups in total. The summed E-state index contributed by atoms with van der Waals surface area (Å²) in [6.07, 6.45) is 5.86. The van der Waals surface area contributed by atoms with Crippen molar-refractivity contribution in [2.24, 2.45) is 0 Å². The number of nitrogens with zero attached hydrogens (tertiary/aromatic N) is 5. The number of fused-ring (bicyclic) bond motifs is 1. The van der Waals surface area contributed by atoms with E-state index in [0.717, 1.165) is 65.7 Å². The van der Waals surface area contributed by atoms with E-state index in [1.54, 1.807) is 0 Å². The van der Waals surface area contributed by atoms with Crippen molar-refractivity contribution in [1.82, 2.24) is 24.8 Å². The van der Waals surface area contributed by atoms with Crippen molar-refractivity contribution in [3.63, 3.8) is 0 Å². The Morgan fingerprint density at radius 2 is 1.78 bits per heavy atom. The molecule has 7 nitrogen and oxygen atoms in total. The van der Waals surface area contributed by atoms with E-state index in [-0.39, 0.29) is 0 Å². The van der Waals surface area contributed by atoms with E-state index in [4.69, 9.17) is 4.98 Å². The molecule has 0 bridgehead atoms. The molecule has 0 saturated carbocycles. The van der Waals surface area contributed by atoms with Gasteiger partial charge in [-0.1, -0.05) is 44.2 Å². The SMILES string of the molecule is CC(C)c1cnc(-c2ccccc2)nc1Nc1ccnc2[nH]cc(N3CCN(C)CC3)c12. The molecule has 0 atom stereocenters. The molecule has 1 aromatic carbocycles. The maximum absolute atomic E-state index is 4.93. The van der Waals surface area contributed by atoms with Crippen LogP contribution in [-0.2, 0) is 0 Å². The van der Waals surface area contributed by atoms with Crippen LogP contribution in [0.5, 0.6) is 0 Å². The molecule has 7 heteroatoms. The minimum atomic E-state index is 0.294. The second-order valence-electron chi connectivity index (χ2n) is 8.69. The van der Waals surface area contributed by atoms with Crippen LogP contribution in [0.2, 0.25) is 0 Å². The van der Waals surface area contributed by atoms with Gasteiger partial charge in [-0.05, 0) is 19.0 Å². The summed E-state index contributed by atoms with van der Waals surface area (Å²) in [6, 6.07) is 12.1. The topological polar surface area (TPSA) is 73.0 Å². The zero-order chi connectivity index (χ0) is 22.1. The molecule has 1 aliphatic heterocycles. The first-order valence-electron chi connectivity index (χ1n) is 11.2. The van der Waals surface area contributed by atoms with E-state index >= 15 is 0 Å². The van der Waals surface area contributed by atoms with Crippen LogP contribution in [0.15, 0.2) is 55.0 Å². The van der Waals surface area contributed by atoms with Crippen molar-refractivity contribution in [3.05, 3.63) is 60.6 Å². The smallest absolute Gasteiger partial charge is 0.161 e. The Kier molecular flexibility index (Phi) is 5.49. The van der Waals surface area contributed by atoms with Gasteiger partial charge in [0.25, 0.3) is 0 Å². The average Bonchev–Trinajstić information content (AvgIpc) is 3.25. The number of nitrogens with one attached hydrogen (secondary N) is 2. The van der Waals surface area contributed by atoms with Gasteiger partial charge in [0.1, 0.15) is 11.5 Å². The molecule has 5 rings (SSSR count). The first kappa shape index (κ1) is 20.5. The Balaban J connectivity index is 1.56. The number of pyridine rings is 1. The molecule has 32 heavy (non-hydrogen) atoms. The monoisotopic (exact) mass is 427 g/mol. The van der Waals surface area contributed by atoms with E-state index in [2.05, 4.69) is 57.2 Å². The summed E-state index contributed by atoms with van der Waals surface area (Å²) >= 11 is 0. The fourth-order valence-electron chi connectivity index (χ4n) is 4.21. The number of hydrogen-bond donors (Lipinski definition) is 2. The van der Waals surface area contributed by atoms with Gasteiger partial charge in [-0.3, -0.25) is 0 Å². The predicted octanol–water partition coefficient (Wildman–Crippen LogP) is 4.64. The van der Waals surface area contributed by atoms with Crippen LogP contribution in [-0.4, -0.2) is 58.1 Å². The number of piperazine rings is 1. The van der Waals surface area contributed by atoms with Gasteiger partial charge >= 0.3 is 0 Å². The maximum atomic E-state index is 4.93. The van der Waals surface area contributed by atoms with Crippen molar-refractivity contribution in [2.45, 2.75) is 19.8 Å². The highest BCUT2D eigenvalue weighted by molar-refractivity contribution is 6.01. The van der Waals surface area contributed by atoms with Gasteiger partial charge < -0.3 is 20.1 Å². The van der Waals surface area contributed by atoms with Crippen LogP contribution in [0.25, 0.3) is 22.4 Å². The van der Waals surface area contributed by atoms with E-state index in [1.807, 2.05) is 48.8 Å². The van der Waals surface area contributed by atoms with Crippen LogP contribution in [0, 0.1) is 0 Å². The minimum absolute atomic E-state index is 0.294. The number of benzene rings is 1. The lowest BCUT2D eigenvalue weighted by Gasteiger charge is -2.33. The number of likely N-dealkylation sites (N-methyl/N-ethyl adjacent to an activating group) is 1. The third-order valence-electron chi connectivity index (χ3n) is 6.12. The normalized spacial score (nSPS) is 14.9. The minimum Gasteiger partial charge on any atom is -0.367 e. The molecule has 3 aromatic heterocycles. The van der Waals surface area contributed by atoms with Crippen molar-refractivity contribution in [2.75, 3.05) is 43.4 Å². The maximum Gasteiger partial charge on any atom is 0.161 e. The number of anilines is 3. The summed E-state index contributed by atoms with van der Waals surface area (Å²) in [7, 11) is 2.17. The summed E-state index contributed by atoms with van der Waals surface area (Å²) in [5.41, 5.74) is 5.17. The van der Waals surface area contributed by atoms with Gasteiger partial charge in [-0.25, -0.2) is 15.0 Å². The molecule has 1 fully saturated rings. The molecule has 164 valence electrons. The van der Waals surface area contributed by atoms with Gasteiger partial charge in [0.05, 0.1) is 16.8 Å². The molecule has 0 unspecified atom stereocenters. The molecule has 0 aliphatic carbocycles. The summed E-state index contributed by atoms with van der Waals surface area (Å²) in [5.74, 6) is 1.85. The van der Waals surface area contributed by atoms with Crippen molar-refractivity contribution >= 4 is 28.2 Å². The highest BCUT2D eigenvalue weighted by Crippen LogP contribution is 2.35. The second kappa shape index (κ2) is 8.59. The molecule has 1 saturated heterocycles. The lowest BCUT2D eigenvalue weighted by Crippen LogP contribution is -2.44. The van der Waals surface area contributed by atoms with E-state index in [9.17, 15) is 0 Å². The Labute approximate surface area is 188 Å². The zero-order valence-electron chi connectivity index (χ0n) is 18.8. The predicted molar refractivity (Wildman–Crippen MR) is 131 cm³/mol. The van der Waals surface area contributed by atoms with Gasteiger partial charge in [0, 0.05) is 55.9 Å². The Bertz CT molecular complexity index is 1210. The lowest BCUT2D eigenvalue weighted by atomic mass is 10.1. The van der Waals surface area contributed by atoms with Gasteiger partial charge in [-0.2, -0.15) is 0 Å². The van der Waals surface area contributed by atoms with Gasteiger partial charge in [0.2, 0.25) is 0 Å². The van der Waals surface area contributed by atoms with Crippen molar-refractivity contribution < 1.29 is 0 Å². The fraction of sp³-hybridized carbons (Fsp3) is 0.320. The summed E-state index contributed by atoms with van der Waals surface area (Å²) in [5, 5.41) is 4.74. The van der Waals surface area contributed by atoms with Crippen LogP contribution in [0.4, 0.5) is 17.2 Å². The third kappa shape index (κ3) is 3.91. The van der Waals surface area contributed by atoms with E-state index in [0.29, 0.717) is 5.92 Å². The summed E-state index contributed by atoms with van der Waals surface area (Å²) in [4.78, 5) is 22.3. The highest BCUT2D eigenvalue weighted by atomic mass is 15.3. The molecule has 0 spiro atoms.